The van der Waals surface area contributed by atoms with Gasteiger partial charge in [0.1, 0.15) is 17.9 Å². The van der Waals surface area contributed by atoms with Crippen LogP contribution in [-0.4, -0.2) is 29.3 Å². The number of hydrogen-bond donors (Lipinski definition) is 2. The Labute approximate surface area is 161 Å². The van der Waals surface area contributed by atoms with Gasteiger partial charge in [-0.1, -0.05) is 24.3 Å². The first-order valence-electron chi connectivity index (χ1n) is 9.18. The summed E-state index contributed by atoms with van der Waals surface area (Å²) < 4.78 is 13.3. The Hall–Kier alpha value is -3.22. The van der Waals surface area contributed by atoms with Crippen molar-refractivity contribution in [2.75, 3.05) is 11.9 Å². The van der Waals surface area contributed by atoms with Gasteiger partial charge in [-0.15, -0.1) is 0 Å². The second kappa shape index (κ2) is 6.74. The van der Waals surface area contributed by atoms with E-state index in [0.29, 0.717) is 5.56 Å². The van der Waals surface area contributed by atoms with E-state index in [2.05, 4.69) is 10.6 Å². The number of hydrogen-bond acceptors (Lipinski definition) is 3. The number of imide groups is 1. The van der Waals surface area contributed by atoms with Gasteiger partial charge in [0.2, 0.25) is 5.91 Å². The van der Waals surface area contributed by atoms with Gasteiger partial charge in [0, 0.05) is 5.69 Å². The molecule has 4 rings (SSSR count). The molecule has 2 aromatic carbocycles. The van der Waals surface area contributed by atoms with Gasteiger partial charge in [-0.25, -0.2) is 9.18 Å². The van der Waals surface area contributed by atoms with E-state index >= 15 is 0 Å². The van der Waals surface area contributed by atoms with Gasteiger partial charge in [0.05, 0.1) is 0 Å². The fourth-order valence-corrected chi connectivity index (χ4v) is 3.83. The number of urea groups is 1. The zero-order valence-electron chi connectivity index (χ0n) is 15.4. The molecule has 2 aliphatic rings. The molecule has 1 atom stereocenters. The Morgan fingerprint density at radius 2 is 1.96 bits per heavy atom. The summed E-state index contributed by atoms with van der Waals surface area (Å²) in [6.07, 6.45) is 3.07. The van der Waals surface area contributed by atoms with Crippen molar-refractivity contribution in [3.8, 4) is 0 Å². The lowest BCUT2D eigenvalue weighted by atomic mass is 9.89. The largest absolute Gasteiger partial charge is 0.325 e. The molecule has 1 aliphatic carbocycles. The van der Waals surface area contributed by atoms with Crippen molar-refractivity contribution in [1.82, 2.24) is 10.2 Å². The highest BCUT2D eigenvalue weighted by molar-refractivity contribution is 6.10. The summed E-state index contributed by atoms with van der Waals surface area (Å²) in [4.78, 5) is 38.5. The standard InChI is InChI=1S/C21H20FN3O3/c1-21(15-9-8-13-4-2-5-14(13)10-15)19(27)25(20(28)24-21)12-18(26)23-17-7-3-6-16(22)11-17/h3,6-11H,2,4-5,12H2,1H3,(H,23,26)(H,24,28)/t21-/m0/s1. The van der Waals surface area contributed by atoms with Crippen LogP contribution in [0, 0.1) is 5.82 Å². The third-order valence-electron chi connectivity index (χ3n) is 5.36. The fraction of sp³-hybridized carbons (Fsp3) is 0.286. The van der Waals surface area contributed by atoms with Gasteiger partial charge in [0.25, 0.3) is 5.91 Å². The SMILES string of the molecule is C[C@@]1(c2ccc3c(c2)CCC3)NC(=O)N(CC(=O)Nc2cccc(F)c2)C1=O. The third-order valence-corrected chi connectivity index (χ3v) is 5.36. The summed E-state index contributed by atoms with van der Waals surface area (Å²) in [7, 11) is 0. The molecule has 1 fully saturated rings. The molecule has 2 N–H and O–H groups in total. The molecule has 6 nitrogen and oxygen atoms in total. The molecule has 1 saturated heterocycles. The van der Waals surface area contributed by atoms with Crippen molar-refractivity contribution < 1.29 is 18.8 Å². The van der Waals surface area contributed by atoms with Crippen molar-refractivity contribution in [3.05, 3.63) is 65.0 Å². The number of fused-ring (bicyclic) bond motifs is 1. The molecule has 0 aromatic heterocycles. The fourth-order valence-electron chi connectivity index (χ4n) is 3.83. The highest BCUT2D eigenvalue weighted by Crippen LogP contribution is 2.32. The van der Waals surface area contributed by atoms with Crippen molar-refractivity contribution in [2.45, 2.75) is 31.7 Å². The molecule has 0 bridgehead atoms. The molecule has 4 amide bonds. The minimum atomic E-state index is -1.21. The third kappa shape index (κ3) is 3.13. The van der Waals surface area contributed by atoms with E-state index in [1.54, 1.807) is 6.92 Å². The van der Waals surface area contributed by atoms with E-state index in [1.165, 1.54) is 35.4 Å². The summed E-state index contributed by atoms with van der Waals surface area (Å²) in [6, 6.07) is 10.6. The second-order valence-corrected chi connectivity index (χ2v) is 7.34. The average molecular weight is 381 g/mol. The summed E-state index contributed by atoms with van der Waals surface area (Å²) in [6.45, 7) is 1.20. The van der Waals surface area contributed by atoms with Crippen molar-refractivity contribution in [2.24, 2.45) is 0 Å². The monoisotopic (exact) mass is 381 g/mol. The van der Waals surface area contributed by atoms with Gasteiger partial charge in [0.15, 0.2) is 0 Å². The molecule has 1 aliphatic heterocycles. The molecule has 0 saturated carbocycles. The predicted molar refractivity (Wildman–Crippen MR) is 101 cm³/mol. The molecule has 2 aromatic rings. The van der Waals surface area contributed by atoms with E-state index in [-0.39, 0.29) is 5.69 Å². The zero-order valence-corrected chi connectivity index (χ0v) is 15.4. The van der Waals surface area contributed by atoms with Crippen LogP contribution in [0.4, 0.5) is 14.9 Å². The van der Waals surface area contributed by atoms with Crippen LogP contribution in [0.2, 0.25) is 0 Å². The first-order valence-corrected chi connectivity index (χ1v) is 9.18. The summed E-state index contributed by atoms with van der Waals surface area (Å²) in [5.41, 5.74) is 2.23. The summed E-state index contributed by atoms with van der Waals surface area (Å²) in [5.74, 6) is -1.55. The molecule has 1 heterocycles. The quantitative estimate of drug-likeness (QED) is 0.800. The van der Waals surface area contributed by atoms with Crippen molar-refractivity contribution in [3.63, 3.8) is 0 Å². The van der Waals surface area contributed by atoms with Crippen LogP contribution >= 0.6 is 0 Å². The van der Waals surface area contributed by atoms with Gasteiger partial charge < -0.3 is 10.6 Å². The smallest absolute Gasteiger partial charge is 0.324 e. The van der Waals surface area contributed by atoms with Crippen LogP contribution < -0.4 is 10.6 Å². The molecule has 7 heteroatoms. The molecule has 0 spiro atoms. The summed E-state index contributed by atoms with van der Waals surface area (Å²) >= 11 is 0. The lowest BCUT2D eigenvalue weighted by Crippen LogP contribution is -2.42. The number of carbonyl (C=O) groups is 3. The minimum Gasteiger partial charge on any atom is -0.324 e. The Balaban J connectivity index is 1.51. The van der Waals surface area contributed by atoms with E-state index in [1.807, 2.05) is 18.2 Å². The molecule has 144 valence electrons. The van der Waals surface area contributed by atoms with E-state index < -0.39 is 35.7 Å². The topological polar surface area (TPSA) is 78.5 Å². The molecular weight excluding hydrogens is 361 g/mol. The maximum Gasteiger partial charge on any atom is 0.325 e. The Morgan fingerprint density at radius 1 is 1.18 bits per heavy atom. The van der Waals surface area contributed by atoms with E-state index in [4.69, 9.17) is 0 Å². The van der Waals surface area contributed by atoms with Crippen LogP contribution in [0.3, 0.4) is 0 Å². The molecule has 28 heavy (non-hydrogen) atoms. The van der Waals surface area contributed by atoms with Crippen LogP contribution in [0.5, 0.6) is 0 Å². The lowest BCUT2D eigenvalue weighted by molar-refractivity contribution is -0.133. The van der Waals surface area contributed by atoms with Crippen LogP contribution in [0.25, 0.3) is 0 Å². The highest BCUT2D eigenvalue weighted by atomic mass is 19.1. The number of aryl methyl sites for hydroxylation is 2. The number of rotatable bonds is 4. The molecular formula is C21H20FN3O3. The molecule has 0 radical (unpaired) electrons. The highest BCUT2D eigenvalue weighted by Gasteiger charge is 2.49. The van der Waals surface area contributed by atoms with Gasteiger partial charge in [-0.05, 0) is 61.1 Å². The summed E-state index contributed by atoms with van der Waals surface area (Å²) in [5, 5.41) is 5.21. The van der Waals surface area contributed by atoms with Gasteiger partial charge >= 0.3 is 6.03 Å². The Bertz CT molecular complexity index is 991. The number of benzene rings is 2. The van der Waals surface area contributed by atoms with Gasteiger partial charge in [-0.2, -0.15) is 0 Å². The maximum atomic E-state index is 13.3. The van der Waals surface area contributed by atoms with Crippen LogP contribution in [0.1, 0.15) is 30.0 Å². The van der Waals surface area contributed by atoms with E-state index in [0.717, 1.165) is 24.2 Å². The number of anilines is 1. The zero-order chi connectivity index (χ0) is 19.9. The lowest BCUT2D eigenvalue weighted by Gasteiger charge is -2.23. The average Bonchev–Trinajstić information content (AvgIpc) is 3.20. The first kappa shape index (κ1) is 18.2. The number of nitrogens with zero attached hydrogens (tertiary/aromatic N) is 1. The van der Waals surface area contributed by atoms with E-state index in [9.17, 15) is 18.8 Å². The van der Waals surface area contributed by atoms with Crippen molar-refractivity contribution in [1.29, 1.82) is 0 Å². The second-order valence-electron chi connectivity index (χ2n) is 7.34. The molecule has 0 unspecified atom stereocenters. The van der Waals surface area contributed by atoms with Crippen LogP contribution in [0.15, 0.2) is 42.5 Å². The number of carbonyl (C=O) groups excluding carboxylic acids is 3. The minimum absolute atomic E-state index is 0.262. The van der Waals surface area contributed by atoms with Gasteiger partial charge in [-0.3, -0.25) is 14.5 Å². The normalized spacial score (nSPS) is 20.9. The van der Waals surface area contributed by atoms with Crippen molar-refractivity contribution >= 4 is 23.5 Å². The maximum absolute atomic E-state index is 13.3. The Morgan fingerprint density at radius 3 is 2.75 bits per heavy atom. The number of amides is 4. The predicted octanol–water partition coefficient (Wildman–Crippen LogP) is 2.72. The first-order chi connectivity index (χ1) is 13.4. The Kier molecular flexibility index (Phi) is 4.37. The van der Waals surface area contributed by atoms with Crippen LogP contribution in [-0.2, 0) is 28.0 Å². The number of halogens is 1. The number of nitrogens with one attached hydrogen (secondary N) is 2.